The molecule has 0 aliphatic carbocycles. The average molecular weight is 444 g/mol. The Hall–Kier alpha value is -0.0900. The molecule has 0 amide bonds. The predicted molar refractivity (Wildman–Crippen MR) is 94.9 cm³/mol. The lowest BCUT2D eigenvalue weighted by molar-refractivity contribution is 0.264. The molecule has 2 rings (SSSR count). The van der Waals surface area contributed by atoms with Gasteiger partial charge in [-0.15, -0.1) is 0 Å². The van der Waals surface area contributed by atoms with Crippen molar-refractivity contribution in [2.45, 2.75) is 12.8 Å². The van der Waals surface area contributed by atoms with Gasteiger partial charge in [-0.2, -0.15) is 12.7 Å². The molecular weight excluding hydrogens is 425 g/mol. The minimum absolute atomic E-state index is 0.365. The van der Waals surface area contributed by atoms with Gasteiger partial charge in [0.15, 0.2) is 0 Å². The molecule has 0 aromatic heterocycles. The van der Waals surface area contributed by atoms with Crippen LogP contribution >= 0.6 is 34.2 Å². The highest BCUT2D eigenvalue weighted by Gasteiger charge is 2.28. The Labute approximate surface area is 144 Å². The molecule has 0 bridgehead atoms. The molecule has 1 atom stereocenters. The van der Waals surface area contributed by atoms with E-state index >= 15 is 0 Å². The molecule has 21 heavy (non-hydrogen) atoms. The zero-order valence-electron chi connectivity index (χ0n) is 11.8. The van der Waals surface area contributed by atoms with Gasteiger partial charge in [0.2, 0.25) is 0 Å². The molecule has 0 spiro atoms. The van der Waals surface area contributed by atoms with Gasteiger partial charge in [0.05, 0.1) is 5.69 Å². The Bertz CT molecular complexity index is 595. The van der Waals surface area contributed by atoms with Gasteiger partial charge in [-0.25, -0.2) is 0 Å². The molecule has 1 unspecified atom stereocenters. The maximum Gasteiger partial charge on any atom is 0.301 e. The molecule has 0 radical (unpaired) electrons. The summed E-state index contributed by atoms with van der Waals surface area (Å²) >= 11 is 7.97. The first-order valence-electron chi connectivity index (χ1n) is 6.80. The van der Waals surface area contributed by atoms with E-state index in [1.54, 1.807) is 18.2 Å². The summed E-state index contributed by atoms with van der Waals surface area (Å²) in [5.41, 5.74) is 0.565. The molecule has 0 saturated carbocycles. The van der Waals surface area contributed by atoms with E-state index in [9.17, 15) is 8.42 Å². The van der Waals surface area contributed by atoms with Crippen molar-refractivity contribution in [1.82, 2.24) is 9.62 Å². The molecule has 5 nitrogen and oxygen atoms in total. The largest absolute Gasteiger partial charge is 0.319 e. The number of halogens is 2. The molecule has 118 valence electrons. The summed E-state index contributed by atoms with van der Waals surface area (Å²) in [6, 6.07) is 5.11. The van der Waals surface area contributed by atoms with Crippen molar-refractivity contribution in [3.63, 3.8) is 0 Å². The molecule has 1 aliphatic heterocycles. The third-order valence-electron chi connectivity index (χ3n) is 3.48. The van der Waals surface area contributed by atoms with Gasteiger partial charge >= 0.3 is 10.2 Å². The van der Waals surface area contributed by atoms with Crippen LogP contribution in [0.15, 0.2) is 18.2 Å². The number of nitrogens with one attached hydrogen (secondary N) is 2. The fraction of sp³-hybridized carbons (Fsp3) is 0.538. The second-order valence-electron chi connectivity index (χ2n) is 5.16. The monoisotopic (exact) mass is 443 g/mol. The molecule has 1 fully saturated rings. The van der Waals surface area contributed by atoms with Crippen LogP contribution in [0.2, 0.25) is 5.02 Å². The average Bonchev–Trinajstić information content (AvgIpc) is 2.43. The van der Waals surface area contributed by atoms with Crippen LogP contribution in [-0.2, 0) is 10.2 Å². The Morgan fingerprint density at radius 2 is 2.24 bits per heavy atom. The van der Waals surface area contributed by atoms with E-state index in [0.29, 0.717) is 29.7 Å². The van der Waals surface area contributed by atoms with Crippen molar-refractivity contribution in [2.75, 3.05) is 31.4 Å². The summed E-state index contributed by atoms with van der Waals surface area (Å²) in [6.07, 6.45) is 1.95. The first-order valence-corrected chi connectivity index (χ1v) is 9.69. The van der Waals surface area contributed by atoms with Crippen LogP contribution in [0.5, 0.6) is 0 Å². The lowest BCUT2D eigenvalue weighted by atomic mass is 10.00. The maximum absolute atomic E-state index is 12.5. The van der Waals surface area contributed by atoms with Crippen LogP contribution in [-0.4, -0.2) is 39.4 Å². The summed E-state index contributed by atoms with van der Waals surface area (Å²) in [5.74, 6) is 0.365. The SMILES string of the molecule is CNCC1CCCN(S(=O)(=O)Nc2ccc(Cl)cc2I)C1. The second-order valence-corrected chi connectivity index (χ2v) is 8.42. The maximum atomic E-state index is 12.5. The van der Waals surface area contributed by atoms with Crippen LogP contribution in [0.4, 0.5) is 5.69 Å². The smallest absolute Gasteiger partial charge is 0.301 e. The van der Waals surface area contributed by atoms with Gasteiger partial charge in [0.1, 0.15) is 0 Å². The Balaban J connectivity index is 2.10. The van der Waals surface area contributed by atoms with Crippen molar-refractivity contribution in [3.8, 4) is 0 Å². The molecule has 1 aromatic carbocycles. The van der Waals surface area contributed by atoms with Crippen molar-refractivity contribution in [2.24, 2.45) is 5.92 Å². The molecule has 1 saturated heterocycles. The fourth-order valence-corrected chi connectivity index (χ4v) is 5.03. The predicted octanol–water partition coefficient (Wildman–Crippen LogP) is 2.53. The zero-order valence-corrected chi connectivity index (χ0v) is 15.5. The standard InChI is InChI=1S/C13H19ClIN3O2S/c1-16-8-10-3-2-6-18(9-10)21(19,20)17-13-5-4-11(14)7-12(13)15/h4-5,7,10,16-17H,2-3,6,8-9H2,1H3. The second kappa shape index (κ2) is 7.45. The van der Waals surface area contributed by atoms with E-state index in [-0.39, 0.29) is 0 Å². The minimum atomic E-state index is -3.52. The van der Waals surface area contributed by atoms with Crippen LogP contribution in [0, 0.1) is 9.49 Å². The quantitative estimate of drug-likeness (QED) is 0.688. The normalized spacial score (nSPS) is 20.4. The highest BCUT2D eigenvalue weighted by Crippen LogP contribution is 2.25. The van der Waals surface area contributed by atoms with Gasteiger partial charge in [0, 0.05) is 21.7 Å². The van der Waals surface area contributed by atoms with Crippen molar-refractivity contribution in [3.05, 3.63) is 26.8 Å². The van der Waals surface area contributed by atoms with Crippen molar-refractivity contribution < 1.29 is 8.42 Å². The van der Waals surface area contributed by atoms with Gasteiger partial charge in [-0.05, 0) is 73.1 Å². The van der Waals surface area contributed by atoms with Crippen LogP contribution in [0.25, 0.3) is 0 Å². The Kier molecular flexibility index (Phi) is 6.13. The van der Waals surface area contributed by atoms with E-state index in [2.05, 4.69) is 32.6 Å². The first kappa shape index (κ1) is 17.3. The van der Waals surface area contributed by atoms with Crippen LogP contribution in [0.3, 0.4) is 0 Å². The lowest BCUT2D eigenvalue weighted by Gasteiger charge is -2.32. The van der Waals surface area contributed by atoms with E-state index in [0.717, 1.165) is 23.0 Å². The Morgan fingerprint density at radius 3 is 2.90 bits per heavy atom. The molecular formula is C13H19ClIN3O2S. The number of benzene rings is 1. The van der Waals surface area contributed by atoms with Crippen LogP contribution < -0.4 is 10.0 Å². The van der Waals surface area contributed by atoms with Gasteiger partial charge in [0.25, 0.3) is 0 Å². The first-order chi connectivity index (χ1) is 9.92. The lowest BCUT2D eigenvalue weighted by Crippen LogP contribution is -2.44. The van der Waals surface area contributed by atoms with E-state index in [1.807, 2.05) is 7.05 Å². The minimum Gasteiger partial charge on any atom is -0.319 e. The molecule has 8 heteroatoms. The van der Waals surface area contributed by atoms with Gasteiger partial charge < -0.3 is 5.32 Å². The van der Waals surface area contributed by atoms with E-state index in [4.69, 9.17) is 11.6 Å². The van der Waals surface area contributed by atoms with E-state index in [1.165, 1.54) is 4.31 Å². The summed E-state index contributed by atoms with van der Waals surface area (Å²) in [5, 5.41) is 3.71. The van der Waals surface area contributed by atoms with E-state index < -0.39 is 10.2 Å². The molecule has 1 aliphatic rings. The third kappa shape index (κ3) is 4.69. The van der Waals surface area contributed by atoms with Crippen molar-refractivity contribution >= 4 is 50.1 Å². The van der Waals surface area contributed by atoms with Gasteiger partial charge in [-0.1, -0.05) is 11.6 Å². The molecule has 1 aromatic rings. The highest BCUT2D eigenvalue weighted by molar-refractivity contribution is 14.1. The van der Waals surface area contributed by atoms with Crippen molar-refractivity contribution in [1.29, 1.82) is 0 Å². The topological polar surface area (TPSA) is 61.4 Å². The fourth-order valence-electron chi connectivity index (χ4n) is 2.48. The number of rotatable bonds is 5. The summed E-state index contributed by atoms with van der Waals surface area (Å²) in [4.78, 5) is 0. The summed E-state index contributed by atoms with van der Waals surface area (Å²) in [7, 11) is -1.62. The molecule has 1 heterocycles. The third-order valence-corrected chi connectivity index (χ3v) is 6.10. The highest BCUT2D eigenvalue weighted by atomic mass is 127. The van der Waals surface area contributed by atoms with Gasteiger partial charge in [-0.3, -0.25) is 4.72 Å². The number of piperidine rings is 1. The molecule has 2 N–H and O–H groups in total. The van der Waals surface area contributed by atoms with Crippen LogP contribution in [0.1, 0.15) is 12.8 Å². The summed E-state index contributed by atoms with van der Waals surface area (Å²) in [6.45, 7) is 1.96. The number of nitrogens with zero attached hydrogens (tertiary/aromatic N) is 1. The number of hydrogen-bond acceptors (Lipinski definition) is 3. The summed E-state index contributed by atoms with van der Waals surface area (Å²) < 4.78 is 30.0. The Morgan fingerprint density at radius 1 is 1.48 bits per heavy atom. The number of anilines is 1. The zero-order chi connectivity index (χ0) is 15.5. The number of hydrogen-bond donors (Lipinski definition) is 2.